The highest BCUT2D eigenvalue weighted by atomic mass is 127. The van der Waals surface area contributed by atoms with Gasteiger partial charge < -0.3 is 10.2 Å². The summed E-state index contributed by atoms with van der Waals surface area (Å²) in [5.74, 6) is 2.67. The predicted molar refractivity (Wildman–Crippen MR) is 129 cm³/mol. The maximum Gasteiger partial charge on any atom is 0.193 e. The number of halogens is 1. The number of likely N-dealkylation sites (tertiary alicyclic amines) is 1. The lowest BCUT2D eigenvalue weighted by Gasteiger charge is -2.38. The fourth-order valence-electron chi connectivity index (χ4n) is 3.81. The van der Waals surface area contributed by atoms with Crippen LogP contribution in [-0.4, -0.2) is 47.5 Å². The van der Waals surface area contributed by atoms with Gasteiger partial charge in [0.1, 0.15) is 0 Å². The van der Waals surface area contributed by atoms with E-state index in [0.717, 1.165) is 30.4 Å². The maximum atomic E-state index is 12.4. The van der Waals surface area contributed by atoms with Crippen molar-refractivity contribution >= 4 is 40.7 Å². The highest BCUT2D eigenvalue weighted by molar-refractivity contribution is 14.0. The molecule has 2 aromatic rings. The normalized spacial score (nSPS) is 20.9. The van der Waals surface area contributed by atoms with Crippen LogP contribution < -0.4 is 5.32 Å². The molecule has 28 heavy (non-hydrogen) atoms. The lowest BCUT2D eigenvalue weighted by molar-refractivity contribution is 0.235. The van der Waals surface area contributed by atoms with Crippen molar-refractivity contribution in [3.8, 4) is 0 Å². The molecule has 0 bridgehead atoms. The van der Waals surface area contributed by atoms with E-state index in [0.29, 0.717) is 24.1 Å². The summed E-state index contributed by atoms with van der Waals surface area (Å²) in [7, 11) is 0.843. The summed E-state index contributed by atoms with van der Waals surface area (Å²) in [6.45, 7) is 4.95. The number of benzene rings is 2. The molecule has 1 heterocycles. The number of hydrogen-bond acceptors (Lipinski definition) is 2. The van der Waals surface area contributed by atoms with Gasteiger partial charge in [0.05, 0.1) is 10.8 Å². The highest BCUT2D eigenvalue weighted by Crippen LogP contribution is 2.32. The van der Waals surface area contributed by atoms with Crippen molar-refractivity contribution in [3.63, 3.8) is 0 Å². The number of nitrogens with one attached hydrogen (secondary N) is 1. The summed E-state index contributed by atoms with van der Waals surface area (Å²) in [4.78, 5) is 7.66. The largest absolute Gasteiger partial charge is 0.355 e. The van der Waals surface area contributed by atoms with Crippen molar-refractivity contribution in [1.82, 2.24) is 10.2 Å². The van der Waals surface area contributed by atoms with Gasteiger partial charge in [-0.1, -0.05) is 55.5 Å². The van der Waals surface area contributed by atoms with E-state index in [1.807, 2.05) is 37.4 Å². The molecule has 0 spiro atoms. The van der Waals surface area contributed by atoms with Crippen molar-refractivity contribution in [3.05, 3.63) is 66.2 Å². The van der Waals surface area contributed by atoms with E-state index in [1.165, 1.54) is 5.56 Å². The van der Waals surface area contributed by atoms with E-state index < -0.39 is 10.8 Å². The second-order valence-electron chi connectivity index (χ2n) is 7.07. The van der Waals surface area contributed by atoms with Crippen molar-refractivity contribution in [1.29, 1.82) is 0 Å². The van der Waals surface area contributed by atoms with E-state index in [4.69, 9.17) is 0 Å². The number of piperidine rings is 1. The summed E-state index contributed by atoms with van der Waals surface area (Å²) in [6.07, 6.45) is 1.13. The first-order valence-corrected chi connectivity index (χ1v) is 10.9. The van der Waals surface area contributed by atoms with Crippen LogP contribution in [0.2, 0.25) is 0 Å². The minimum absolute atomic E-state index is 0. The van der Waals surface area contributed by atoms with E-state index in [2.05, 4.69) is 52.5 Å². The van der Waals surface area contributed by atoms with Crippen molar-refractivity contribution < 1.29 is 4.21 Å². The van der Waals surface area contributed by atoms with Gasteiger partial charge >= 0.3 is 0 Å². The molecule has 3 unspecified atom stereocenters. The molecule has 1 aliphatic heterocycles. The van der Waals surface area contributed by atoms with Crippen LogP contribution in [0.15, 0.2) is 70.6 Å². The standard InChI is InChI=1S/C22H29N3OS.HI/c1-18-17-25(15-13-21(18)19-9-5-3-6-10-19)22(23-2)24-14-16-27(26)20-11-7-4-8-12-20;/h3-12,18,21H,13-17H2,1-2H3,(H,23,24);1H. The highest BCUT2D eigenvalue weighted by Gasteiger charge is 2.28. The smallest absolute Gasteiger partial charge is 0.193 e. The molecule has 0 saturated carbocycles. The zero-order valence-corrected chi connectivity index (χ0v) is 19.7. The van der Waals surface area contributed by atoms with E-state index in [-0.39, 0.29) is 24.0 Å². The van der Waals surface area contributed by atoms with E-state index >= 15 is 0 Å². The van der Waals surface area contributed by atoms with Gasteiger partial charge in [-0.25, -0.2) is 0 Å². The molecule has 3 atom stereocenters. The molecule has 152 valence electrons. The molecular weight excluding hydrogens is 481 g/mol. The molecule has 0 aliphatic carbocycles. The second kappa shape index (κ2) is 11.6. The SMILES string of the molecule is CN=C(NCCS(=O)c1ccccc1)N1CCC(c2ccccc2)C(C)C1.I. The molecule has 2 aromatic carbocycles. The molecule has 1 saturated heterocycles. The molecule has 0 amide bonds. The Hall–Kier alpha value is -1.41. The Morgan fingerprint density at radius 3 is 2.39 bits per heavy atom. The Morgan fingerprint density at radius 1 is 1.14 bits per heavy atom. The van der Waals surface area contributed by atoms with Crippen LogP contribution >= 0.6 is 24.0 Å². The van der Waals surface area contributed by atoms with Gasteiger partial charge in [-0.15, -0.1) is 24.0 Å². The first kappa shape index (κ1) is 22.9. The summed E-state index contributed by atoms with van der Waals surface area (Å²) in [5, 5.41) is 3.40. The minimum Gasteiger partial charge on any atom is -0.355 e. The summed E-state index contributed by atoms with van der Waals surface area (Å²) in [5.41, 5.74) is 1.44. The lowest BCUT2D eigenvalue weighted by atomic mass is 9.82. The number of nitrogens with zero attached hydrogens (tertiary/aromatic N) is 2. The Balaban J connectivity index is 0.00000280. The molecule has 1 aliphatic rings. The monoisotopic (exact) mass is 511 g/mol. The van der Waals surface area contributed by atoms with Crippen LogP contribution in [0.4, 0.5) is 0 Å². The molecule has 0 radical (unpaired) electrons. The Labute approximate surface area is 188 Å². The third-order valence-electron chi connectivity index (χ3n) is 5.22. The molecule has 3 rings (SSSR count). The average molecular weight is 511 g/mol. The van der Waals surface area contributed by atoms with Gasteiger partial charge in [0, 0.05) is 37.3 Å². The zero-order valence-electron chi connectivity index (χ0n) is 16.6. The summed E-state index contributed by atoms with van der Waals surface area (Å²) < 4.78 is 12.4. The molecule has 1 N–H and O–H groups in total. The van der Waals surface area contributed by atoms with E-state index in [1.54, 1.807) is 0 Å². The van der Waals surface area contributed by atoms with Crippen LogP contribution in [0, 0.1) is 5.92 Å². The molecule has 6 heteroatoms. The zero-order chi connectivity index (χ0) is 19.1. The molecule has 4 nitrogen and oxygen atoms in total. The molecule has 0 aromatic heterocycles. The topological polar surface area (TPSA) is 44.7 Å². The fourth-order valence-corrected chi connectivity index (χ4v) is 4.80. The third-order valence-corrected chi connectivity index (χ3v) is 6.59. The van der Waals surface area contributed by atoms with E-state index in [9.17, 15) is 4.21 Å². The van der Waals surface area contributed by atoms with Gasteiger partial charge in [-0.3, -0.25) is 9.20 Å². The fraction of sp³-hybridized carbons (Fsp3) is 0.409. The Morgan fingerprint density at radius 2 is 1.79 bits per heavy atom. The first-order valence-electron chi connectivity index (χ1n) is 9.63. The van der Waals surface area contributed by atoms with Crippen LogP contribution in [0.3, 0.4) is 0 Å². The minimum atomic E-state index is -0.980. The Kier molecular flexibility index (Phi) is 9.44. The lowest BCUT2D eigenvalue weighted by Crippen LogP contribution is -2.48. The number of rotatable bonds is 5. The van der Waals surface area contributed by atoms with Crippen LogP contribution in [0.5, 0.6) is 0 Å². The van der Waals surface area contributed by atoms with Gasteiger partial charge in [-0.05, 0) is 36.0 Å². The number of hydrogen-bond donors (Lipinski definition) is 1. The van der Waals surface area contributed by atoms with Crippen LogP contribution in [-0.2, 0) is 10.8 Å². The van der Waals surface area contributed by atoms with Gasteiger partial charge in [0.15, 0.2) is 5.96 Å². The molecular formula is C22H30IN3OS. The Bertz CT molecular complexity index is 770. The quantitative estimate of drug-likeness (QED) is 0.374. The first-order chi connectivity index (χ1) is 13.2. The number of guanidine groups is 1. The maximum absolute atomic E-state index is 12.4. The summed E-state index contributed by atoms with van der Waals surface area (Å²) in [6, 6.07) is 20.4. The second-order valence-corrected chi connectivity index (χ2v) is 8.64. The van der Waals surface area contributed by atoms with Gasteiger partial charge in [0.2, 0.25) is 0 Å². The number of aliphatic imine (C=N–C) groups is 1. The van der Waals surface area contributed by atoms with Crippen LogP contribution in [0.1, 0.15) is 24.8 Å². The molecule has 1 fully saturated rings. The van der Waals surface area contributed by atoms with Gasteiger partial charge in [0.25, 0.3) is 0 Å². The van der Waals surface area contributed by atoms with Crippen molar-refractivity contribution in [2.75, 3.05) is 32.4 Å². The predicted octanol–water partition coefficient (Wildman–Crippen LogP) is 4.11. The van der Waals surface area contributed by atoms with Crippen molar-refractivity contribution in [2.24, 2.45) is 10.9 Å². The average Bonchev–Trinajstić information content (AvgIpc) is 2.72. The van der Waals surface area contributed by atoms with Crippen molar-refractivity contribution in [2.45, 2.75) is 24.2 Å². The van der Waals surface area contributed by atoms with Crippen LogP contribution in [0.25, 0.3) is 0 Å². The third kappa shape index (κ3) is 6.04. The summed E-state index contributed by atoms with van der Waals surface area (Å²) >= 11 is 0. The van der Waals surface area contributed by atoms with Gasteiger partial charge in [-0.2, -0.15) is 0 Å².